The number of carbonyl (C=O) groups is 1. The summed E-state index contributed by atoms with van der Waals surface area (Å²) in [4.78, 5) is 11.3. The van der Waals surface area contributed by atoms with E-state index in [0.29, 0.717) is 0 Å². The first kappa shape index (κ1) is 11.5. The summed E-state index contributed by atoms with van der Waals surface area (Å²) in [6, 6.07) is 4.99. The van der Waals surface area contributed by atoms with Gasteiger partial charge >= 0.3 is 5.97 Å². The first-order valence-electron chi connectivity index (χ1n) is 4.17. The van der Waals surface area contributed by atoms with Crippen LogP contribution in [0.4, 0.5) is 10.1 Å². The van der Waals surface area contributed by atoms with Crippen LogP contribution < -0.4 is 4.90 Å². The molecule has 1 aromatic rings. The number of nitrogens with zero attached hydrogens (tertiary/aromatic N) is 3. The molecular weight excluding hydrogens is 213 g/mol. The number of hydrogen-bond donors (Lipinski definition) is 1. The molecule has 1 N–H and O–H groups in total. The third-order valence-electron chi connectivity index (χ3n) is 1.80. The Bertz CT molecular complexity index is 502. The van der Waals surface area contributed by atoms with Crippen LogP contribution in [-0.4, -0.2) is 17.6 Å². The highest BCUT2D eigenvalue weighted by Crippen LogP contribution is 2.17. The number of carboxylic acid groups (broad SMARTS) is 1. The highest BCUT2D eigenvalue weighted by Gasteiger charge is 2.12. The number of carboxylic acids is 1. The molecule has 0 spiro atoms. The van der Waals surface area contributed by atoms with E-state index in [2.05, 4.69) is 0 Å². The molecule has 0 aromatic heterocycles. The molecule has 0 heterocycles. The first-order chi connectivity index (χ1) is 7.58. The molecule has 16 heavy (non-hydrogen) atoms. The second-order valence-electron chi connectivity index (χ2n) is 2.86. The maximum absolute atomic E-state index is 13.0. The minimum atomic E-state index is -1.19. The Morgan fingerprint density at radius 3 is 2.69 bits per heavy atom. The standard InChI is InChI=1S/C10H6FN3O2/c11-9-2-1-8(3-7(9)4-12)14(6-13)5-10(15)16/h1-3H,5H2,(H,15,16). The van der Waals surface area contributed by atoms with Crippen molar-refractivity contribution in [3.8, 4) is 12.3 Å². The van der Waals surface area contributed by atoms with E-state index in [9.17, 15) is 9.18 Å². The molecule has 0 atom stereocenters. The second-order valence-corrected chi connectivity index (χ2v) is 2.86. The zero-order valence-electron chi connectivity index (χ0n) is 8.01. The second kappa shape index (κ2) is 4.76. The SMILES string of the molecule is N#Cc1cc(N(C#N)CC(=O)O)ccc1F. The van der Waals surface area contributed by atoms with Crippen LogP contribution in [0.1, 0.15) is 5.56 Å². The van der Waals surface area contributed by atoms with Crippen molar-refractivity contribution in [2.45, 2.75) is 0 Å². The highest BCUT2D eigenvalue weighted by atomic mass is 19.1. The Morgan fingerprint density at radius 2 is 2.19 bits per heavy atom. The molecule has 0 amide bonds. The van der Waals surface area contributed by atoms with E-state index in [-0.39, 0.29) is 11.3 Å². The summed E-state index contributed by atoms with van der Waals surface area (Å²) in [5.41, 5.74) is -0.0639. The van der Waals surface area contributed by atoms with E-state index >= 15 is 0 Å². The van der Waals surface area contributed by atoms with Gasteiger partial charge in [0, 0.05) is 0 Å². The van der Waals surface area contributed by atoms with Gasteiger partial charge in [0.25, 0.3) is 0 Å². The van der Waals surface area contributed by atoms with Crippen LogP contribution in [0.5, 0.6) is 0 Å². The van der Waals surface area contributed by atoms with Gasteiger partial charge in [-0.15, -0.1) is 0 Å². The molecule has 0 saturated carbocycles. The van der Waals surface area contributed by atoms with Gasteiger partial charge < -0.3 is 5.11 Å². The summed E-state index contributed by atoms with van der Waals surface area (Å²) in [6.07, 6.45) is 1.64. The van der Waals surface area contributed by atoms with Crippen molar-refractivity contribution in [3.63, 3.8) is 0 Å². The minimum absolute atomic E-state index is 0.169. The normalized spacial score (nSPS) is 8.94. The Labute approximate surface area is 90.6 Å². The smallest absolute Gasteiger partial charge is 0.324 e. The molecule has 1 rings (SSSR count). The van der Waals surface area contributed by atoms with Gasteiger partial charge in [0.2, 0.25) is 0 Å². The predicted molar refractivity (Wildman–Crippen MR) is 51.7 cm³/mol. The van der Waals surface area contributed by atoms with E-state index in [1.165, 1.54) is 6.07 Å². The Kier molecular flexibility index (Phi) is 3.41. The molecule has 80 valence electrons. The number of rotatable bonds is 3. The predicted octanol–water partition coefficient (Wildman–Crippen LogP) is 1.07. The lowest BCUT2D eigenvalue weighted by Gasteiger charge is -2.12. The Morgan fingerprint density at radius 1 is 1.50 bits per heavy atom. The molecule has 0 unspecified atom stereocenters. The summed E-state index contributed by atoms with van der Waals surface area (Å²) in [6.45, 7) is -0.535. The van der Waals surface area contributed by atoms with Crippen LogP contribution >= 0.6 is 0 Å². The first-order valence-corrected chi connectivity index (χ1v) is 4.17. The number of anilines is 1. The number of halogens is 1. The summed E-state index contributed by atoms with van der Waals surface area (Å²) >= 11 is 0. The molecule has 0 fully saturated rings. The van der Waals surface area contributed by atoms with Gasteiger partial charge in [-0.25, -0.2) is 4.39 Å². The average molecular weight is 219 g/mol. The van der Waals surface area contributed by atoms with Crippen LogP contribution in [-0.2, 0) is 4.79 Å². The molecule has 0 aliphatic carbocycles. The quantitative estimate of drug-likeness (QED) is 0.606. The average Bonchev–Trinajstić information content (AvgIpc) is 2.26. The number of hydrogen-bond acceptors (Lipinski definition) is 4. The van der Waals surface area contributed by atoms with E-state index in [1.807, 2.05) is 0 Å². The van der Waals surface area contributed by atoms with Crippen LogP contribution in [0.2, 0.25) is 0 Å². The van der Waals surface area contributed by atoms with Crippen molar-refractivity contribution >= 4 is 11.7 Å². The van der Waals surface area contributed by atoms with Gasteiger partial charge in [0.1, 0.15) is 18.4 Å². The van der Waals surface area contributed by atoms with Crippen LogP contribution in [0.25, 0.3) is 0 Å². The number of nitriles is 2. The van der Waals surface area contributed by atoms with Gasteiger partial charge in [-0.3, -0.25) is 9.69 Å². The van der Waals surface area contributed by atoms with Crippen molar-refractivity contribution in [1.29, 1.82) is 10.5 Å². The lowest BCUT2D eigenvalue weighted by Crippen LogP contribution is -2.24. The summed E-state index contributed by atoms with van der Waals surface area (Å²) in [5, 5.41) is 25.8. The lowest BCUT2D eigenvalue weighted by atomic mass is 10.2. The van der Waals surface area contributed by atoms with Crippen molar-refractivity contribution < 1.29 is 14.3 Å². The molecule has 5 nitrogen and oxygen atoms in total. The Hall–Kier alpha value is -2.60. The topological polar surface area (TPSA) is 88.1 Å². The fraction of sp³-hybridized carbons (Fsp3) is 0.100. The summed E-state index contributed by atoms with van der Waals surface area (Å²) < 4.78 is 13.0. The summed E-state index contributed by atoms with van der Waals surface area (Å²) in [5.74, 6) is -1.90. The maximum atomic E-state index is 13.0. The van der Waals surface area contributed by atoms with Crippen molar-refractivity contribution in [3.05, 3.63) is 29.6 Å². The zero-order valence-corrected chi connectivity index (χ0v) is 8.01. The molecule has 1 aromatic carbocycles. The van der Waals surface area contributed by atoms with Crippen molar-refractivity contribution in [1.82, 2.24) is 0 Å². The van der Waals surface area contributed by atoms with Gasteiger partial charge in [0.05, 0.1) is 11.3 Å². The fourth-order valence-corrected chi connectivity index (χ4v) is 1.09. The van der Waals surface area contributed by atoms with Gasteiger partial charge in [0.15, 0.2) is 6.19 Å². The molecular formula is C10H6FN3O2. The van der Waals surface area contributed by atoms with Gasteiger partial charge in [-0.2, -0.15) is 10.5 Å². The molecule has 0 saturated heterocycles. The monoisotopic (exact) mass is 219 g/mol. The third-order valence-corrected chi connectivity index (χ3v) is 1.80. The largest absolute Gasteiger partial charge is 0.480 e. The van der Waals surface area contributed by atoms with Gasteiger partial charge in [-0.1, -0.05) is 0 Å². The van der Waals surface area contributed by atoms with Crippen molar-refractivity contribution in [2.24, 2.45) is 0 Å². The van der Waals surface area contributed by atoms with E-state index < -0.39 is 18.3 Å². The minimum Gasteiger partial charge on any atom is -0.480 e. The molecule has 0 aliphatic rings. The van der Waals surface area contributed by atoms with E-state index in [4.69, 9.17) is 15.6 Å². The fourth-order valence-electron chi connectivity index (χ4n) is 1.09. The molecule has 0 bridgehead atoms. The molecule has 0 aliphatic heterocycles. The number of benzene rings is 1. The number of aliphatic carboxylic acids is 1. The lowest BCUT2D eigenvalue weighted by molar-refractivity contribution is -0.135. The zero-order chi connectivity index (χ0) is 12.1. The van der Waals surface area contributed by atoms with Gasteiger partial charge in [-0.05, 0) is 18.2 Å². The molecule has 6 heteroatoms. The highest BCUT2D eigenvalue weighted by molar-refractivity contribution is 5.75. The van der Waals surface area contributed by atoms with Crippen LogP contribution in [0.3, 0.4) is 0 Å². The van der Waals surface area contributed by atoms with E-state index in [0.717, 1.165) is 17.0 Å². The Balaban J connectivity index is 3.09. The summed E-state index contributed by atoms with van der Waals surface area (Å²) in [7, 11) is 0. The van der Waals surface area contributed by atoms with Crippen LogP contribution in [0, 0.1) is 28.6 Å². The maximum Gasteiger partial charge on any atom is 0.324 e. The van der Waals surface area contributed by atoms with E-state index in [1.54, 1.807) is 12.3 Å². The van der Waals surface area contributed by atoms with Crippen molar-refractivity contribution in [2.75, 3.05) is 11.4 Å². The third kappa shape index (κ3) is 2.46. The molecule has 0 radical (unpaired) electrons. The van der Waals surface area contributed by atoms with Crippen LogP contribution in [0.15, 0.2) is 18.2 Å².